The van der Waals surface area contributed by atoms with E-state index in [4.69, 9.17) is 9.72 Å². The zero-order valence-electron chi connectivity index (χ0n) is 23.3. The third-order valence-electron chi connectivity index (χ3n) is 7.08. The number of thiophene rings is 1. The van der Waals surface area contributed by atoms with Gasteiger partial charge in [0.25, 0.3) is 5.91 Å². The number of likely N-dealkylation sites (tertiary alicyclic amines) is 1. The van der Waals surface area contributed by atoms with Crippen molar-refractivity contribution in [2.75, 3.05) is 39.1 Å². The van der Waals surface area contributed by atoms with Crippen LogP contribution in [0.2, 0.25) is 0 Å². The Morgan fingerprint density at radius 1 is 1.17 bits per heavy atom. The SMILES string of the molecule is CCCCC(=O)Nc1csc(-c2cncc(-c3ccc(C(=O)N(C)C4CCN(CC(F)(F)F)CC4)c(OC)c3)n2)c1. The minimum atomic E-state index is -4.23. The second kappa shape index (κ2) is 13.4. The monoisotopic (exact) mass is 589 g/mol. The Morgan fingerprint density at radius 3 is 2.59 bits per heavy atom. The molecule has 1 fully saturated rings. The molecule has 1 N–H and O–H groups in total. The minimum absolute atomic E-state index is 0.0182. The van der Waals surface area contributed by atoms with Crippen LogP contribution in [0.25, 0.3) is 21.8 Å². The second-order valence-corrected chi connectivity index (χ2v) is 11.0. The summed E-state index contributed by atoms with van der Waals surface area (Å²) < 4.78 is 43.7. The van der Waals surface area contributed by atoms with Gasteiger partial charge >= 0.3 is 6.18 Å². The van der Waals surface area contributed by atoms with Crippen LogP contribution in [0, 0.1) is 0 Å². The Bertz CT molecular complexity index is 1360. The van der Waals surface area contributed by atoms with Crippen molar-refractivity contribution in [3.63, 3.8) is 0 Å². The minimum Gasteiger partial charge on any atom is -0.496 e. The van der Waals surface area contributed by atoms with Crippen LogP contribution in [0.4, 0.5) is 18.9 Å². The molecule has 3 heterocycles. The molecule has 1 aliphatic heterocycles. The summed E-state index contributed by atoms with van der Waals surface area (Å²) in [5.74, 6) is 0.0965. The average molecular weight is 590 g/mol. The molecule has 1 aromatic carbocycles. The summed E-state index contributed by atoms with van der Waals surface area (Å²) in [7, 11) is 3.16. The number of aromatic nitrogens is 2. The highest BCUT2D eigenvalue weighted by atomic mass is 32.1. The van der Waals surface area contributed by atoms with Gasteiger partial charge in [-0.3, -0.25) is 19.5 Å². The fraction of sp³-hybridized carbons (Fsp3) is 0.448. The molecular formula is C29H34F3N5O3S. The Hall–Kier alpha value is -3.51. The number of hydrogen-bond acceptors (Lipinski definition) is 7. The molecule has 0 spiro atoms. The van der Waals surface area contributed by atoms with Crippen LogP contribution in [-0.2, 0) is 4.79 Å². The fourth-order valence-corrected chi connectivity index (χ4v) is 5.62. The molecule has 12 heteroatoms. The number of piperidine rings is 1. The molecule has 2 amide bonds. The summed E-state index contributed by atoms with van der Waals surface area (Å²) in [5.41, 5.74) is 3.03. The molecule has 4 rings (SSSR count). The van der Waals surface area contributed by atoms with Crippen molar-refractivity contribution in [2.45, 2.75) is 51.2 Å². The molecular weight excluding hydrogens is 555 g/mol. The number of amides is 2. The molecule has 8 nitrogen and oxygen atoms in total. The molecule has 0 unspecified atom stereocenters. The van der Waals surface area contributed by atoms with Gasteiger partial charge in [-0.2, -0.15) is 13.2 Å². The summed E-state index contributed by atoms with van der Waals surface area (Å²) in [4.78, 5) is 38.3. The maximum Gasteiger partial charge on any atom is 0.401 e. The van der Waals surface area contributed by atoms with Gasteiger partial charge in [-0.15, -0.1) is 11.3 Å². The van der Waals surface area contributed by atoms with Crippen LogP contribution in [-0.4, -0.2) is 77.6 Å². The van der Waals surface area contributed by atoms with Gasteiger partial charge in [0.05, 0.1) is 53.6 Å². The molecule has 41 heavy (non-hydrogen) atoms. The number of nitrogens with zero attached hydrogens (tertiary/aromatic N) is 4. The first-order valence-corrected chi connectivity index (χ1v) is 14.4. The lowest BCUT2D eigenvalue weighted by molar-refractivity contribution is -0.148. The van der Waals surface area contributed by atoms with E-state index in [9.17, 15) is 22.8 Å². The number of alkyl halides is 3. The van der Waals surface area contributed by atoms with Crippen LogP contribution >= 0.6 is 11.3 Å². The Kier molecular flexibility index (Phi) is 9.98. The van der Waals surface area contributed by atoms with E-state index in [0.717, 1.165) is 23.4 Å². The van der Waals surface area contributed by atoms with E-state index in [-0.39, 0.29) is 30.9 Å². The Labute approximate surface area is 241 Å². The molecule has 0 bridgehead atoms. The number of methoxy groups -OCH3 is 1. The predicted molar refractivity (Wildman–Crippen MR) is 153 cm³/mol. The highest BCUT2D eigenvalue weighted by Gasteiger charge is 2.34. The number of anilines is 1. The summed E-state index contributed by atoms with van der Waals surface area (Å²) in [5, 5.41) is 4.78. The molecule has 0 saturated carbocycles. The molecule has 1 saturated heterocycles. The van der Waals surface area contributed by atoms with Gasteiger partial charge in [-0.1, -0.05) is 19.4 Å². The van der Waals surface area contributed by atoms with E-state index in [1.54, 1.807) is 42.5 Å². The van der Waals surface area contributed by atoms with Gasteiger partial charge in [-0.25, -0.2) is 4.98 Å². The number of hydrogen-bond donors (Lipinski definition) is 1. The van der Waals surface area contributed by atoms with E-state index in [0.29, 0.717) is 47.5 Å². The van der Waals surface area contributed by atoms with Crippen LogP contribution in [0.15, 0.2) is 42.0 Å². The highest BCUT2D eigenvalue weighted by Crippen LogP contribution is 2.32. The van der Waals surface area contributed by atoms with Crippen molar-refractivity contribution >= 4 is 28.8 Å². The molecule has 2 aromatic heterocycles. The topological polar surface area (TPSA) is 87.7 Å². The molecule has 220 valence electrons. The third-order valence-corrected chi connectivity index (χ3v) is 8.04. The van der Waals surface area contributed by atoms with Crippen LogP contribution in [0.1, 0.15) is 49.4 Å². The lowest BCUT2D eigenvalue weighted by Gasteiger charge is -2.37. The molecule has 1 aliphatic rings. The number of benzene rings is 1. The van der Waals surface area contributed by atoms with Crippen LogP contribution in [0.3, 0.4) is 0 Å². The smallest absolute Gasteiger partial charge is 0.401 e. The third kappa shape index (κ3) is 8.04. The fourth-order valence-electron chi connectivity index (χ4n) is 4.82. The number of nitrogens with one attached hydrogen (secondary N) is 1. The summed E-state index contributed by atoms with van der Waals surface area (Å²) in [6.45, 7) is 1.67. The van der Waals surface area contributed by atoms with Gasteiger partial charge in [0.2, 0.25) is 5.91 Å². The van der Waals surface area contributed by atoms with E-state index in [1.807, 2.05) is 18.4 Å². The molecule has 3 aromatic rings. The standard InChI is InChI=1S/C29H34F3N5O3S/c1-4-5-6-27(38)34-20-14-26(41-17-20)24-16-33-15-23(35-24)19-7-8-22(25(13-19)40-3)28(39)36(2)21-9-11-37(12-10-21)18-29(30,31)32/h7-8,13-17,21H,4-6,9-12,18H2,1-3H3,(H,34,38). The van der Waals surface area contributed by atoms with Crippen molar-refractivity contribution in [3.05, 3.63) is 47.6 Å². The van der Waals surface area contributed by atoms with Crippen molar-refractivity contribution in [1.29, 1.82) is 0 Å². The summed E-state index contributed by atoms with van der Waals surface area (Å²) >= 11 is 1.45. The molecule has 0 atom stereocenters. The number of ether oxygens (including phenoxy) is 1. The number of halogens is 3. The average Bonchev–Trinajstić information content (AvgIpc) is 3.43. The van der Waals surface area contributed by atoms with Gasteiger partial charge in [0, 0.05) is 43.5 Å². The van der Waals surface area contributed by atoms with Crippen molar-refractivity contribution in [2.24, 2.45) is 0 Å². The Morgan fingerprint density at radius 2 is 1.90 bits per heavy atom. The summed E-state index contributed by atoms with van der Waals surface area (Å²) in [6.07, 6.45) is 2.26. The lowest BCUT2D eigenvalue weighted by Crippen LogP contribution is -2.47. The van der Waals surface area contributed by atoms with E-state index >= 15 is 0 Å². The van der Waals surface area contributed by atoms with Gasteiger partial charge in [0.15, 0.2) is 0 Å². The van der Waals surface area contributed by atoms with E-state index < -0.39 is 12.7 Å². The Balaban J connectivity index is 1.45. The van der Waals surface area contributed by atoms with Gasteiger partial charge in [-0.05, 0) is 37.5 Å². The van der Waals surface area contributed by atoms with Gasteiger partial charge < -0.3 is 15.0 Å². The number of rotatable bonds is 10. The van der Waals surface area contributed by atoms with E-state index in [2.05, 4.69) is 10.3 Å². The lowest BCUT2D eigenvalue weighted by atomic mass is 10.0. The first kappa shape index (κ1) is 30.4. The second-order valence-electron chi connectivity index (χ2n) is 10.1. The van der Waals surface area contributed by atoms with Crippen molar-refractivity contribution in [1.82, 2.24) is 19.8 Å². The number of carbonyl (C=O) groups excluding carboxylic acids is 2. The predicted octanol–water partition coefficient (Wildman–Crippen LogP) is 6.11. The molecule has 0 aliphatic carbocycles. The maximum atomic E-state index is 13.4. The molecule has 0 radical (unpaired) electrons. The zero-order chi connectivity index (χ0) is 29.6. The quantitative estimate of drug-likeness (QED) is 0.307. The first-order valence-electron chi connectivity index (χ1n) is 13.5. The normalized spacial score (nSPS) is 14.6. The largest absolute Gasteiger partial charge is 0.496 e. The van der Waals surface area contributed by atoms with Crippen LogP contribution < -0.4 is 10.1 Å². The number of unbranched alkanes of at least 4 members (excludes halogenated alkanes) is 1. The van der Waals surface area contributed by atoms with Crippen molar-refractivity contribution < 1.29 is 27.5 Å². The summed E-state index contributed by atoms with van der Waals surface area (Å²) in [6, 6.07) is 6.89. The van der Waals surface area contributed by atoms with Crippen LogP contribution in [0.5, 0.6) is 5.75 Å². The highest BCUT2D eigenvalue weighted by molar-refractivity contribution is 7.14. The van der Waals surface area contributed by atoms with Crippen molar-refractivity contribution in [3.8, 4) is 27.6 Å². The van der Waals surface area contributed by atoms with Gasteiger partial charge in [0.1, 0.15) is 5.75 Å². The van der Waals surface area contributed by atoms with E-state index in [1.165, 1.54) is 23.3 Å². The number of carbonyl (C=O) groups is 2. The zero-order valence-corrected chi connectivity index (χ0v) is 24.1. The maximum absolute atomic E-state index is 13.4. The first-order chi connectivity index (χ1) is 19.6.